The second-order valence-electron chi connectivity index (χ2n) is 7.98. The molecule has 0 saturated heterocycles. The predicted octanol–water partition coefficient (Wildman–Crippen LogP) is 4.14. The van der Waals surface area contributed by atoms with Gasteiger partial charge in [-0.1, -0.05) is 25.8 Å². The molecule has 1 aliphatic rings. The van der Waals surface area contributed by atoms with Crippen LogP contribution >= 0.6 is 0 Å². The molecule has 1 saturated carbocycles. The van der Waals surface area contributed by atoms with Gasteiger partial charge >= 0.3 is 0 Å². The number of nitrogens with one attached hydrogen (secondary N) is 1. The maximum Gasteiger partial charge on any atom is 0.138 e. The van der Waals surface area contributed by atoms with Crippen LogP contribution in [0.15, 0.2) is 36.7 Å². The summed E-state index contributed by atoms with van der Waals surface area (Å²) in [7, 11) is 0. The van der Waals surface area contributed by atoms with Crippen LogP contribution in [0.2, 0.25) is 0 Å². The van der Waals surface area contributed by atoms with Gasteiger partial charge in [-0.2, -0.15) is 5.10 Å². The Morgan fingerprint density at radius 1 is 1.21 bits per heavy atom. The number of fused-ring (bicyclic) bond motifs is 1. The topological polar surface area (TPSA) is 76.8 Å². The summed E-state index contributed by atoms with van der Waals surface area (Å²) in [6.45, 7) is 4.82. The molecule has 1 aliphatic carbocycles. The van der Waals surface area contributed by atoms with Crippen LogP contribution < -0.4 is 10.5 Å². The van der Waals surface area contributed by atoms with Crippen LogP contribution in [0.25, 0.3) is 22.0 Å². The van der Waals surface area contributed by atoms with Crippen molar-refractivity contribution in [3.63, 3.8) is 0 Å². The van der Waals surface area contributed by atoms with Crippen molar-refractivity contribution in [2.24, 2.45) is 17.6 Å². The summed E-state index contributed by atoms with van der Waals surface area (Å²) in [6.07, 6.45) is 6.94. The normalized spacial score (nSPS) is 14.7. The molecule has 28 heavy (non-hydrogen) atoms. The number of aromatic nitrogens is 3. The maximum absolute atomic E-state index is 6.12. The number of rotatable bonds is 6. The second-order valence-corrected chi connectivity index (χ2v) is 7.98. The van der Waals surface area contributed by atoms with Gasteiger partial charge in [-0.15, -0.1) is 0 Å². The number of nitrogens with zero attached hydrogens (tertiary/aromatic N) is 2. The summed E-state index contributed by atoms with van der Waals surface area (Å²) >= 11 is 0. The van der Waals surface area contributed by atoms with Crippen molar-refractivity contribution >= 4 is 10.9 Å². The van der Waals surface area contributed by atoms with Crippen molar-refractivity contribution in [3.05, 3.63) is 42.4 Å². The highest BCUT2D eigenvalue weighted by Crippen LogP contribution is 2.29. The number of nitrogens with two attached hydrogens (primary N) is 1. The van der Waals surface area contributed by atoms with Crippen molar-refractivity contribution in [3.8, 4) is 28.7 Å². The van der Waals surface area contributed by atoms with Crippen LogP contribution in [0.5, 0.6) is 5.75 Å². The van der Waals surface area contributed by atoms with Gasteiger partial charge in [0.2, 0.25) is 0 Å². The molecule has 5 heteroatoms. The number of benzene rings is 1. The highest BCUT2D eigenvalue weighted by atomic mass is 16.5. The first-order valence-electron chi connectivity index (χ1n) is 9.92. The van der Waals surface area contributed by atoms with Gasteiger partial charge in [0.1, 0.15) is 18.1 Å². The third-order valence-electron chi connectivity index (χ3n) is 4.82. The Balaban J connectivity index is 1.54. The van der Waals surface area contributed by atoms with Crippen LogP contribution in [0.1, 0.15) is 38.8 Å². The standard InChI is InChI=1S/C23H26N4O/c1-15(2)9-19(24)14-28-20-10-18(12-25-13-20)17-6-8-23-21(11-17)22(26-27-23)7-5-16-3-4-16/h6,8,10-13,15-16,19H,3-4,9,14,24H2,1-2H3,(H,26,27)/t19-/m0/s1. The molecule has 0 bridgehead atoms. The molecule has 144 valence electrons. The molecule has 0 aliphatic heterocycles. The average molecular weight is 374 g/mol. The van der Waals surface area contributed by atoms with Crippen molar-refractivity contribution < 1.29 is 4.74 Å². The quantitative estimate of drug-likeness (QED) is 0.636. The van der Waals surface area contributed by atoms with Gasteiger partial charge in [0.15, 0.2) is 0 Å². The Kier molecular flexibility index (Phi) is 5.31. The summed E-state index contributed by atoms with van der Waals surface area (Å²) in [5.74, 6) is 8.39. The largest absolute Gasteiger partial charge is 0.490 e. The lowest BCUT2D eigenvalue weighted by Gasteiger charge is -2.15. The SMILES string of the molecule is CC(C)C[C@H](N)COc1cncc(-c2ccc3n[nH]c(C#CC4CC4)c3c2)c1. The highest BCUT2D eigenvalue weighted by Gasteiger charge is 2.18. The Morgan fingerprint density at radius 2 is 2.07 bits per heavy atom. The van der Waals surface area contributed by atoms with E-state index in [-0.39, 0.29) is 6.04 Å². The lowest BCUT2D eigenvalue weighted by molar-refractivity contribution is 0.270. The minimum Gasteiger partial charge on any atom is -0.490 e. The Morgan fingerprint density at radius 3 is 2.86 bits per heavy atom. The van der Waals surface area contributed by atoms with Crippen LogP contribution in [0.3, 0.4) is 0 Å². The third-order valence-corrected chi connectivity index (χ3v) is 4.82. The minimum absolute atomic E-state index is 0.0264. The molecule has 1 fully saturated rings. The Bertz CT molecular complexity index is 1020. The molecule has 3 N–H and O–H groups in total. The van der Waals surface area contributed by atoms with E-state index in [1.165, 1.54) is 12.8 Å². The average Bonchev–Trinajstić information content (AvgIpc) is 3.43. The monoisotopic (exact) mass is 374 g/mol. The Hall–Kier alpha value is -2.84. The molecule has 0 amide bonds. The van der Waals surface area contributed by atoms with E-state index in [2.05, 4.69) is 46.9 Å². The lowest BCUT2D eigenvalue weighted by atomic mass is 10.0. The second kappa shape index (κ2) is 8.04. The van der Waals surface area contributed by atoms with Crippen LogP contribution in [-0.2, 0) is 0 Å². The number of hydrogen-bond donors (Lipinski definition) is 2. The lowest BCUT2D eigenvalue weighted by Crippen LogP contribution is -2.29. The summed E-state index contributed by atoms with van der Waals surface area (Å²) in [6, 6.07) is 8.20. The zero-order valence-electron chi connectivity index (χ0n) is 16.4. The minimum atomic E-state index is 0.0264. The molecule has 2 aromatic heterocycles. The zero-order valence-corrected chi connectivity index (χ0v) is 16.4. The van der Waals surface area contributed by atoms with Gasteiger partial charge in [-0.3, -0.25) is 10.1 Å². The van der Waals surface area contributed by atoms with Crippen molar-refractivity contribution in [1.29, 1.82) is 0 Å². The molecular weight excluding hydrogens is 348 g/mol. The van der Waals surface area contributed by atoms with E-state index >= 15 is 0 Å². The maximum atomic E-state index is 6.12. The number of H-pyrrole nitrogens is 1. The summed E-state index contributed by atoms with van der Waals surface area (Å²) in [4.78, 5) is 4.34. The number of hydrogen-bond acceptors (Lipinski definition) is 4. The zero-order chi connectivity index (χ0) is 19.5. The fourth-order valence-electron chi connectivity index (χ4n) is 3.22. The molecule has 1 aromatic carbocycles. The Labute approximate surface area is 165 Å². The van der Waals surface area contributed by atoms with Crippen molar-refractivity contribution in [1.82, 2.24) is 15.2 Å². The van der Waals surface area contributed by atoms with Gasteiger partial charge in [0.25, 0.3) is 0 Å². The molecule has 0 spiro atoms. The molecule has 0 unspecified atom stereocenters. The summed E-state index contributed by atoms with van der Waals surface area (Å²) in [5, 5.41) is 8.46. The van der Waals surface area contributed by atoms with Gasteiger partial charge in [0.05, 0.1) is 11.7 Å². The van der Waals surface area contributed by atoms with E-state index < -0.39 is 0 Å². The summed E-state index contributed by atoms with van der Waals surface area (Å²) < 4.78 is 5.87. The van der Waals surface area contributed by atoms with Crippen LogP contribution in [0, 0.1) is 23.7 Å². The molecule has 2 heterocycles. The smallest absolute Gasteiger partial charge is 0.138 e. The molecule has 1 atom stereocenters. The van der Waals surface area contributed by atoms with Crippen molar-refractivity contribution in [2.45, 2.75) is 39.2 Å². The summed E-state index contributed by atoms with van der Waals surface area (Å²) in [5.41, 5.74) is 9.98. The predicted molar refractivity (Wildman–Crippen MR) is 112 cm³/mol. The first-order valence-corrected chi connectivity index (χ1v) is 9.92. The third kappa shape index (κ3) is 4.52. The molecule has 5 nitrogen and oxygen atoms in total. The van der Waals surface area contributed by atoms with E-state index in [9.17, 15) is 0 Å². The highest BCUT2D eigenvalue weighted by molar-refractivity contribution is 5.88. The van der Waals surface area contributed by atoms with E-state index in [0.717, 1.165) is 39.9 Å². The van der Waals surface area contributed by atoms with E-state index in [1.54, 1.807) is 6.20 Å². The number of aromatic amines is 1. The molecule has 0 radical (unpaired) electrons. The van der Waals surface area contributed by atoms with Gasteiger partial charge in [-0.25, -0.2) is 0 Å². The van der Waals surface area contributed by atoms with Gasteiger partial charge in [0, 0.05) is 29.1 Å². The molecule has 4 rings (SSSR count). The molecule has 3 aromatic rings. The van der Waals surface area contributed by atoms with E-state index in [1.807, 2.05) is 24.4 Å². The fraction of sp³-hybridized carbons (Fsp3) is 0.391. The van der Waals surface area contributed by atoms with Crippen LogP contribution in [0.4, 0.5) is 0 Å². The number of ether oxygens (including phenoxy) is 1. The van der Waals surface area contributed by atoms with Crippen LogP contribution in [-0.4, -0.2) is 27.8 Å². The van der Waals surface area contributed by atoms with Crippen molar-refractivity contribution in [2.75, 3.05) is 6.61 Å². The first-order chi connectivity index (χ1) is 13.6. The first kappa shape index (κ1) is 18.5. The van der Waals surface area contributed by atoms with Gasteiger partial charge < -0.3 is 10.5 Å². The fourth-order valence-corrected chi connectivity index (χ4v) is 3.22. The van der Waals surface area contributed by atoms with Gasteiger partial charge in [-0.05, 0) is 54.9 Å². The molecular formula is C23H26N4O. The van der Waals surface area contributed by atoms with E-state index in [4.69, 9.17) is 10.5 Å². The number of pyridine rings is 1. The van der Waals surface area contributed by atoms with E-state index in [0.29, 0.717) is 18.4 Å².